The Hall–Kier alpha value is -1.58. The van der Waals surface area contributed by atoms with Crippen LogP contribution in [0.5, 0.6) is 5.75 Å². The number of carbonyl (C=O) groups is 1. The maximum Gasteiger partial charge on any atom is 0.414 e. The molecule has 0 radical (unpaired) electrons. The Kier molecular flexibility index (Phi) is 3.06. The van der Waals surface area contributed by atoms with E-state index in [0.29, 0.717) is 5.75 Å². The van der Waals surface area contributed by atoms with E-state index in [1.54, 1.807) is 26.2 Å². The van der Waals surface area contributed by atoms with Crippen molar-refractivity contribution in [2.75, 3.05) is 14.1 Å². The van der Waals surface area contributed by atoms with Gasteiger partial charge in [-0.1, -0.05) is 0 Å². The molecule has 0 aliphatic carbocycles. The van der Waals surface area contributed by atoms with E-state index in [1.165, 1.54) is 4.90 Å². The highest BCUT2D eigenvalue weighted by atomic mass is 16.6. The summed E-state index contributed by atoms with van der Waals surface area (Å²) in [5.74, 6) is 0.536. The van der Waals surface area contributed by atoms with Crippen LogP contribution in [0.15, 0.2) is 12.1 Å². The van der Waals surface area contributed by atoms with Gasteiger partial charge in [0.25, 0.3) is 0 Å². The third kappa shape index (κ3) is 2.73. The highest BCUT2D eigenvalue weighted by Gasteiger charge is 2.07. The number of aromatic nitrogens is 1. The fraction of sp³-hybridized carbons (Fsp3) is 0.400. The normalized spacial score (nSPS) is 9.71. The van der Waals surface area contributed by atoms with Crippen LogP contribution in [0.25, 0.3) is 0 Å². The van der Waals surface area contributed by atoms with E-state index in [9.17, 15) is 4.79 Å². The summed E-state index contributed by atoms with van der Waals surface area (Å²) in [5.41, 5.74) is 1.68. The Morgan fingerprint density at radius 3 is 2.21 bits per heavy atom. The minimum Gasteiger partial charge on any atom is -0.410 e. The van der Waals surface area contributed by atoms with Gasteiger partial charge in [0.1, 0.15) is 5.75 Å². The lowest BCUT2D eigenvalue weighted by Crippen LogP contribution is -2.25. The second kappa shape index (κ2) is 4.09. The van der Waals surface area contributed by atoms with Crippen LogP contribution in [-0.2, 0) is 0 Å². The molecule has 0 atom stereocenters. The topological polar surface area (TPSA) is 42.4 Å². The van der Waals surface area contributed by atoms with E-state index in [-0.39, 0.29) is 6.09 Å². The molecule has 14 heavy (non-hydrogen) atoms. The molecular formula is C10H14N2O2. The van der Waals surface area contributed by atoms with Crippen molar-refractivity contribution in [2.45, 2.75) is 13.8 Å². The van der Waals surface area contributed by atoms with Crippen molar-refractivity contribution < 1.29 is 9.53 Å². The van der Waals surface area contributed by atoms with E-state index in [4.69, 9.17) is 4.74 Å². The van der Waals surface area contributed by atoms with Gasteiger partial charge >= 0.3 is 6.09 Å². The van der Waals surface area contributed by atoms with E-state index >= 15 is 0 Å². The maximum absolute atomic E-state index is 11.2. The van der Waals surface area contributed by atoms with E-state index in [1.807, 2.05) is 13.8 Å². The molecule has 1 heterocycles. The summed E-state index contributed by atoms with van der Waals surface area (Å²) in [6.07, 6.45) is -0.380. The number of amides is 1. The van der Waals surface area contributed by atoms with Crippen LogP contribution in [-0.4, -0.2) is 30.1 Å². The molecule has 1 aromatic heterocycles. The molecule has 0 aliphatic rings. The first kappa shape index (κ1) is 10.5. The molecule has 0 aliphatic heterocycles. The summed E-state index contributed by atoms with van der Waals surface area (Å²) in [6.45, 7) is 3.72. The Morgan fingerprint density at radius 2 is 1.79 bits per heavy atom. The molecule has 76 valence electrons. The number of ether oxygens (including phenoxy) is 1. The van der Waals surface area contributed by atoms with Gasteiger partial charge in [0.15, 0.2) is 0 Å². The third-order valence-electron chi connectivity index (χ3n) is 1.63. The SMILES string of the molecule is Cc1cc(OC(=O)N(C)C)cc(C)n1. The number of nitrogens with zero attached hydrogens (tertiary/aromatic N) is 2. The van der Waals surface area contributed by atoms with Crippen molar-refractivity contribution >= 4 is 6.09 Å². The summed E-state index contributed by atoms with van der Waals surface area (Å²) in [4.78, 5) is 16.8. The first-order valence-corrected chi connectivity index (χ1v) is 4.33. The molecule has 0 saturated heterocycles. The third-order valence-corrected chi connectivity index (χ3v) is 1.63. The molecule has 0 saturated carbocycles. The van der Waals surface area contributed by atoms with Crippen molar-refractivity contribution in [3.63, 3.8) is 0 Å². The van der Waals surface area contributed by atoms with Gasteiger partial charge in [-0.2, -0.15) is 0 Å². The van der Waals surface area contributed by atoms with Crippen molar-refractivity contribution in [2.24, 2.45) is 0 Å². The summed E-state index contributed by atoms with van der Waals surface area (Å²) in [7, 11) is 3.28. The first-order chi connectivity index (χ1) is 6.49. The lowest BCUT2D eigenvalue weighted by atomic mass is 10.3. The summed E-state index contributed by atoms with van der Waals surface area (Å²) < 4.78 is 5.08. The monoisotopic (exact) mass is 194 g/mol. The second-order valence-electron chi connectivity index (χ2n) is 3.35. The molecule has 0 N–H and O–H groups in total. The predicted octanol–water partition coefficient (Wildman–Crippen LogP) is 1.76. The summed E-state index contributed by atoms with van der Waals surface area (Å²) in [6, 6.07) is 3.46. The maximum atomic E-state index is 11.2. The van der Waals surface area contributed by atoms with Crippen LogP contribution in [0.3, 0.4) is 0 Å². The largest absolute Gasteiger partial charge is 0.414 e. The fourth-order valence-electron chi connectivity index (χ4n) is 1.05. The summed E-state index contributed by atoms with van der Waals surface area (Å²) in [5, 5.41) is 0. The minimum absolute atomic E-state index is 0.380. The zero-order chi connectivity index (χ0) is 10.7. The van der Waals surface area contributed by atoms with Crippen LogP contribution in [0.2, 0.25) is 0 Å². The molecule has 1 aromatic rings. The molecule has 1 amide bonds. The van der Waals surface area contributed by atoms with Crippen LogP contribution in [0, 0.1) is 13.8 Å². The van der Waals surface area contributed by atoms with Gasteiger partial charge < -0.3 is 9.64 Å². The number of pyridine rings is 1. The van der Waals surface area contributed by atoms with Crippen molar-refractivity contribution in [3.8, 4) is 5.75 Å². The van der Waals surface area contributed by atoms with Gasteiger partial charge in [-0.05, 0) is 13.8 Å². The van der Waals surface area contributed by atoms with Crippen molar-refractivity contribution in [1.29, 1.82) is 0 Å². The molecule has 0 aromatic carbocycles. The average Bonchev–Trinajstić information content (AvgIpc) is 2.01. The Labute approximate surface area is 83.5 Å². The number of rotatable bonds is 1. The van der Waals surface area contributed by atoms with Gasteiger partial charge in [-0.15, -0.1) is 0 Å². The number of aryl methyl sites for hydroxylation is 2. The predicted molar refractivity (Wildman–Crippen MR) is 53.4 cm³/mol. The standard InChI is InChI=1S/C10H14N2O2/c1-7-5-9(6-8(2)11-7)14-10(13)12(3)4/h5-6H,1-4H3. The molecular weight excluding hydrogens is 180 g/mol. The summed E-state index contributed by atoms with van der Waals surface area (Å²) >= 11 is 0. The minimum atomic E-state index is -0.380. The van der Waals surface area contributed by atoms with Gasteiger partial charge in [0.05, 0.1) is 0 Å². The molecule has 0 fully saturated rings. The van der Waals surface area contributed by atoms with E-state index < -0.39 is 0 Å². The zero-order valence-electron chi connectivity index (χ0n) is 8.87. The van der Waals surface area contributed by atoms with E-state index in [2.05, 4.69) is 4.98 Å². The van der Waals surface area contributed by atoms with Crippen molar-refractivity contribution in [1.82, 2.24) is 9.88 Å². The lowest BCUT2D eigenvalue weighted by molar-refractivity contribution is 0.172. The van der Waals surface area contributed by atoms with Gasteiger partial charge in [-0.3, -0.25) is 4.98 Å². The average molecular weight is 194 g/mol. The van der Waals surface area contributed by atoms with Crippen LogP contribution in [0.1, 0.15) is 11.4 Å². The highest BCUT2D eigenvalue weighted by Crippen LogP contribution is 2.13. The molecule has 0 spiro atoms. The van der Waals surface area contributed by atoms with Crippen LogP contribution < -0.4 is 4.74 Å². The molecule has 4 nitrogen and oxygen atoms in total. The quantitative estimate of drug-likeness (QED) is 0.684. The molecule has 0 unspecified atom stereocenters. The molecule has 0 bridgehead atoms. The van der Waals surface area contributed by atoms with Gasteiger partial charge in [-0.25, -0.2) is 4.79 Å². The Balaban J connectivity index is 2.82. The Bertz CT molecular complexity index is 328. The molecule has 4 heteroatoms. The molecule has 1 rings (SSSR count). The Morgan fingerprint density at radius 1 is 1.29 bits per heavy atom. The number of hydrogen-bond donors (Lipinski definition) is 0. The highest BCUT2D eigenvalue weighted by molar-refractivity contribution is 5.69. The van der Waals surface area contributed by atoms with E-state index in [0.717, 1.165) is 11.4 Å². The van der Waals surface area contributed by atoms with Gasteiger partial charge in [0.2, 0.25) is 0 Å². The van der Waals surface area contributed by atoms with Crippen molar-refractivity contribution in [3.05, 3.63) is 23.5 Å². The van der Waals surface area contributed by atoms with Crippen LogP contribution >= 0.6 is 0 Å². The zero-order valence-corrected chi connectivity index (χ0v) is 8.87. The smallest absolute Gasteiger partial charge is 0.410 e. The number of hydrogen-bond acceptors (Lipinski definition) is 3. The van der Waals surface area contributed by atoms with Crippen LogP contribution in [0.4, 0.5) is 4.79 Å². The lowest BCUT2D eigenvalue weighted by Gasteiger charge is -2.11. The van der Waals surface area contributed by atoms with Gasteiger partial charge in [0, 0.05) is 37.6 Å². The second-order valence-corrected chi connectivity index (χ2v) is 3.35. The first-order valence-electron chi connectivity index (χ1n) is 4.33. The number of carbonyl (C=O) groups excluding carboxylic acids is 1. The fourth-order valence-corrected chi connectivity index (χ4v) is 1.05.